The van der Waals surface area contributed by atoms with Gasteiger partial charge >= 0.3 is 0 Å². The van der Waals surface area contributed by atoms with Gasteiger partial charge in [-0.25, -0.2) is 0 Å². The molecule has 8 heteroatoms. The fourth-order valence-corrected chi connectivity index (χ4v) is 3.21. The van der Waals surface area contributed by atoms with Gasteiger partial charge in [-0.2, -0.15) is 0 Å². The molecule has 2 heterocycles. The molecule has 2 N–H and O–H groups in total. The van der Waals surface area contributed by atoms with E-state index < -0.39 is 0 Å². The largest absolute Gasteiger partial charge is 0.497 e. The number of methoxy groups -OCH3 is 1. The van der Waals surface area contributed by atoms with Crippen molar-refractivity contribution < 1.29 is 13.9 Å². The van der Waals surface area contributed by atoms with E-state index in [0.717, 1.165) is 17.1 Å². The van der Waals surface area contributed by atoms with Crippen LogP contribution in [-0.4, -0.2) is 33.5 Å². The summed E-state index contributed by atoms with van der Waals surface area (Å²) < 4.78 is 12.7. The quantitative estimate of drug-likeness (QED) is 0.622. The second-order valence-electron chi connectivity index (χ2n) is 5.27. The summed E-state index contributed by atoms with van der Waals surface area (Å²) in [7, 11) is 1.62. The minimum atomic E-state index is -0.336. The fourth-order valence-electron chi connectivity index (χ4n) is 2.32. The Balaban J connectivity index is 1.93. The summed E-state index contributed by atoms with van der Waals surface area (Å²) in [6.45, 7) is 0.492. The lowest BCUT2D eigenvalue weighted by atomic mass is 10.2. The molecule has 0 saturated heterocycles. The lowest BCUT2D eigenvalue weighted by molar-refractivity contribution is -0.117. The van der Waals surface area contributed by atoms with E-state index >= 15 is 0 Å². The highest BCUT2D eigenvalue weighted by Gasteiger charge is 2.16. The number of furan rings is 1. The van der Waals surface area contributed by atoms with E-state index in [-0.39, 0.29) is 12.3 Å². The standard InChI is InChI=1S/C17H18N4O3S/c1-23-13-5-2-4-12(10-13)16-19-20-17(25-9-7-15(18)22)21(16)11-14-6-3-8-24-14/h2-6,8,10H,7,9,11H2,1H3,(H2,18,22). The van der Waals surface area contributed by atoms with Crippen molar-refractivity contribution in [1.29, 1.82) is 0 Å². The van der Waals surface area contributed by atoms with Gasteiger partial charge in [0.2, 0.25) is 5.91 Å². The number of ether oxygens (including phenoxy) is 1. The first kappa shape index (κ1) is 17.1. The molecular weight excluding hydrogens is 340 g/mol. The van der Waals surface area contributed by atoms with Crippen molar-refractivity contribution in [3.63, 3.8) is 0 Å². The van der Waals surface area contributed by atoms with Crippen molar-refractivity contribution in [3.05, 3.63) is 48.4 Å². The SMILES string of the molecule is COc1cccc(-c2nnc(SCCC(N)=O)n2Cc2ccco2)c1. The van der Waals surface area contributed by atoms with E-state index in [2.05, 4.69) is 10.2 Å². The van der Waals surface area contributed by atoms with Crippen molar-refractivity contribution in [3.8, 4) is 17.1 Å². The number of rotatable bonds is 8. The van der Waals surface area contributed by atoms with E-state index in [4.69, 9.17) is 14.9 Å². The van der Waals surface area contributed by atoms with Crippen LogP contribution in [0.15, 0.2) is 52.2 Å². The monoisotopic (exact) mass is 358 g/mol. The predicted molar refractivity (Wildman–Crippen MR) is 94.4 cm³/mol. The number of primary amides is 1. The third kappa shape index (κ3) is 4.21. The van der Waals surface area contributed by atoms with Gasteiger partial charge in [-0.1, -0.05) is 23.9 Å². The summed E-state index contributed by atoms with van der Waals surface area (Å²) in [5.74, 6) is 2.45. The Labute approximate surface area is 149 Å². The molecule has 3 aromatic rings. The van der Waals surface area contributed by atoms with Gasteiger partial charge in [-0.05, 0) is 24.3 Å². The van der Waals surface area contributed by atoms with Crippen molar-refractivity contribution in [2.75, 3.05) is 12.9 Å². The molecule has 0 aliphatic heterocycles. The minimum Gasteiger partial charge on any atom is -0.497 e. The normalized spacial score (nSPS) is 10.8. The first-order valence-corrected chi connectivity index (χ1v) is 8.67. The van der Waals surface area contributed by atoms with Crippen LogP contribution in [-0.2, 0) is 11.3 Å². The molecule has 0 bridgehead atoms. The van der Waals surface area contributed by atoms with Gasteiger partial charge in [0, 0.05) is 17.7 Å². The zero-order chi connectivity index (χ0) is 17.6. The Bertz CT molecular complexity index is 845. The van der Waals surface area contributed by atoms with Crippen LogP contribution in [0, 0.1) is 0 Å². The molecule has 130 valence electrons. The molecule has 0 aliphatic rings. The van der Waals surface area contributed by atoms with Crippen LogP contribution >= 0.6 is 11.8 Å². The zero-order valence-corrected chi connectivity index (χ0v) is 14.5. The molecule has 0 atom stereocenters. The highest BCUT2D eigenvalue weighted by molar-refractivity contribution is 7.99. The molecule has 3 rings (SSSR count). The number of benzene rings is 1. The Kier molecular flexibility index (Phi) is 5.39. The molecule has 0 spiro atoms. The molecule has 0 unspecified atom stereocenters. The molecule has 0 fully saturated rings. The second kappa shape index (κ2) is 7.89. The molecular formula is C17H18N4O3S. The van der Waals surface area contributed by atoms with Gasteiger partial charge in [0.05, 0.1) is 19.9 Å². The highest BCUT2D eigenvalue weighted by Crippen LogP contribution is 2.27. The minimum absolute atomic E-state index is 0.284. The summed E-state index contributed by atoms with van der Waals surface area (Å²) in [5, 5.41) is 9.29. The summed E-state index contributed by atoms with van der Waals surface area (Å²) in [4.78, 5) is 11.0. The van der Waals surface area contributed by atoms with E-state index in [1.54, 1.807) is 13.4 Å². The molecule has 1 aromatic carbocycles. The predicted octanol–water partition coefficient (Wildman–Crippen LogP) is 2.56. The summed E-state index contributed by atoms with van der Waals surface area (Å²) in [5.41, 5.74) is 6.10. The van der Waals surface area contributed by atoms with E-state index in [9.17, 15) is 4.79 Å². The third-order valence-electron chi connectivity index (χ3n) is 3.52. The van der Waals surface area contributed by atoms with Crippen LogP contribution in [0.4, 0.5) is 0 Å². The van der Waals surface area contributed by atoms with Gasteiger partial charge < -0.3 is 14.9 Å². The van der Waals surface area contributed by atoms with Gasteiger partial charge in [-0.15, -0.1) is 10.2 Å². The summed E-state index contributed by atoms with van der Waals surface area (Å²) in [6, 6.07) is 11.4. The number of thioether (sulfide) groups is 1. The van der Waals surface area contributed by atoms with Crippen LogP contribution < -0.4 is 10.5 Å². The van der Waals surface area contributed by atoms with Crippen LogP contribution in [0.3, 0.4) is 0 Å². The maximum Gasteiger partial charge on any atom is 0.218 e. The van der Waals surface area contributed by atoms with Crippen molar-refractivity contribution in [1.82, 2.24) is 14.8 Å². The highest BCUT2D eigenvalue weighted by atomic mass is 32.2. The summed E-state index contributed by atoms with van der Waals surface area (Å²) >= 11 is 1.44. The topological polar surface area (TPSA) is 96.2 Å². The number of aromatic nitrogens is 3. The van der Waals surface area contributed by atoms with Crippen LogP contribution in [0.25, 0.3) is 11.4 Å². The molecule has 25 heavy (non-hydrogen) atoms. The van der Waals surface area contributed by atoms with Crippen molar-refractivity contribution in [2.24, 2.45) is 5.73 Å². The Morgan fingerprint density at radius 2 is 2.20 bits per heavy atom. The number of carbonyl (C=O) groups excluding carboxylic acids is 1. The molecule has 2 aromatic heterocycles. The van der Waals surface area contributed by atoms with Gasteiger partial charge in [-0.3, -0.25) is 9.36 Å². The number of carbonyl (C=O) groups is 1. The Morgan fingerprint density at radius 1 is 1.32 bits per heavy atom. The Morgan fingerprint density at radius 3 is 2.92 bits per heavy atom. The molecule has 0 radical (unpaired) electrons. The molecule has 7 nitrogen and oxygen atoms in total. The lowest BCUT2D eigenvalue weighted by Crippen LogP contribution is -2.11. The second-order valence-corrected chi connectivity index (χ2v) is 6.33. The van der Waals surface area contributed by atoms with Crippen molar-refractivity contribution in [2.45, 2.75) is 18.1 Å². The zero-order valence-electron chi connectivity index (χ0n) is 13.7. The number of nitrogens with two attached hydrogens (primary N) is 1. The van der Waals surface area contributed by atoms with E-state index in [0.29, 0.717) is 23.3 Å². The average molecular weight is 358 g/mol. The maximum atomic E-state index is 11.0. The summed E-state index contributed by atoms with van der Waals surface area (Å²) in [6.07, 6.45) is 1.91. The Hall–Kier alpha value is -2.74. The first-order valence-electron chi connectivity index (χ1n) is 7.68. The van der Waals surface area contributed by atoms with Crippen LogP contribution in [0.1, 0.15) is 12.2 Å². The average Bonchev–Trinajstić information content (AvgIpc) is 3.26. The van der Waals surface area contributed by atoms with Gasteiger partial charge in [0.15, 0.2) is 11.0 Å². The number of hydrogen-bond donors (Lipinski definition) is 1. The first-order chi connectivity index (χ1) is 12.2. The smallest absolute Gasteiger partial charge is 0.218 e. The lowest BCUT2D eigenvalue weighted by Gasteiger charge is -2.09. The number of amides is 1. The van der Waals surface area contributed by atoms with E-state index in [1.807, 2.05) is 41.0 Å². The number of nitrogens with zero attached hydrogens (tertiary/aromatic N) is 3. The van der Waals surface area contributed by atoms with E-state index in [1.165, 1.54) is 11.8 Å². The third-order valence-corrected chi connectivity index (χ3v) is 4.49. The van der Waals surface area contributed by atoms with Crippen LogP contribution in [0.5, 0.6) is 5.75 Å². The fraction of sp³-hybridized carbons (Fsp3) is 0.235. The molecule has 0 saturated carbocycles. The molecule has 1 amide bonds. The van der Waals surface area contributed by atoms with Gasteiger partial charge in [0.1, 0.15) is 11.5 Å². The number of hydrogen-bond acceptors (Lipinski definition) is 6. The van der Waals surface area contributed by atoms with Gasteiger partial charge in [0.25, 0.3) is 0 Å². The van der Waals surface area contributed by atoms with Crippen molar-refractivity contribution >= 4 is 17.7 Å². The molecule has 0 aliphatic carbocycles. The maximum absolute atomic E-state index is 11.0. The van der Waals surface area contributed by atoms with Crippen LogP contribution in [0.2, 0.25) is 0 Å².